The first-order valence-electron chi connectivity index (χ1n) is 13.5. The Kier molecular flexibility index (Phi) is 12.3. The first-order chi connectivity index (χ1) is 17.8. The summed E-state index contributed by atoms with van der Waals surface area (Å²) in [5.74, 6) is -0.622. The van der Waals surface area contributed by atoms with E-state index in [1.54, 1.807) is 6.92 Å². The van der Waals surface area contributed by atoms with Crippen LogP contribution in [0.15, 0.2) is 0 Å². The minimum absolute atomic E-state index is 0. The first-order valence-corrected chi connectivity index (χ1v) is 13.5. The zero-order chi connectivity index (χ0) is 28.5. The van der Waals surface area contributed by atoms with Gasteiger partial charge in [-0.1, -0.05) is 20.8 Å². The summed E-state index contributed by atoms with van der Waals surface area (Å²) in [6.07, 6.45) is 4.85. The Morgan fingerprint density at radius 3 is 1.08 bits per heavy atom. The number of hydrogen-bond acceptors (Lipinski definition) is 11. The predicted molar refractivity (Wildman–Crippen MR) is 137 cm³/mol. The third kappa shape index (κ3) is 9.28. The fourth-order valence-corrected chi connectivity index (χ4v) is 4.12. The van der Waals surface area contributed by atoms with Crippen LogP contribution in [-0.2, 0) is 28.5 Å². The summed E-state index contributed by atoms with van der Waals surface area (Å²) >= 11 is 0. The van der Waals surface area contributed by atoms with Crippen molar-refractivity contribution in [2.24, 2.45) is 16.2 Å². The molecule has 0 aromatic heterocycles. The third-order valence-corrected chi connectivity index (χ3v) is 7.78. The molecule has 0 amide bonds. The van der Waals surface area contributed by atoms with E-state index in [1.165, 1.54) is 0 Å². The molecule has 2 heterocycles. The van der Waals surface area contributed by atoms with Crippen LogP contribution >= 0.6 is 0 Å². The van der Waals surface area contributed by atoms with Gasteiger partial charge in [0.25, 0.3) is 0 Å². The largest absolute Gasteiger partial charge is 1.00 e. The lowest BCUT2D eigenvalue weighted by Crippen LogP contribution is -2.57. The SMILES string of the molecule is CC(CO)(CO)CO.CC1(CO)COC2(CCC3(CC2)OCC(C)(CO)CO3)OC1.O=C1CCC(=O)CC1.[H+]. The van der Waals surface area contributed by atoms with Crippen LogP contribution in [0.5, 0.6) is 0 Å². The van der Waals surface area contributed by atoms with Gasteiger partial charge >= 0.3 is 1.43 Å². The molecule has 38 heavy (non-hydrogen) atoms. The van der Waals surface area contributed by atoms with E-state index in [2.05, 4.69) is 0 Å². The number of aliphatic hydroxyl groups is 5. The second-order valence-corrected chi connectivity index (χ2v) is 12.3. The standard InChI is InChI=1S/C16H28O6.C6H8O2.C5H12O3/c1-13(7-17)9-19-15(20-10-13)3-5-16(6-4-15)21-11-14(2,8-18)12-22-16;7-5-1-2-6(8)4-3-5;1-5(2-6,3-7)4-8/h17-18H,3-12H2,1-2H3;1-4H2;6-8H,2-4H2,1H3/p+1. The van der Waals surface area contributed by atoms with E-state index in [0.29, 0.717) is 52.1 Å². The van der Waals surface area contributed by atoms with Crippen LogP contribution in [0.1, 0.15) is 73.6 Å². The second-order valence-electron chi connectivity index (χ2n) is 12.3. The molecule has 11 heteroatoms. The van der Waals surface area contributed by atoms with Crippen LogP contribution < -0.4 is 0 Å². The second kappa shape index (κ2) is 14.0. The van der Waals surface area contributed by atoms with Gasteiger partial charge < -0.3 is 44.5 Å². The molecule has 11 nitrogen and oxygen atoms in total. The molecule has 0 atom stereocenters. The molecule has 4 aliphatic rings. The van der Waals surface area contributed by atoms with Gasteiger partial charge in [0.1, 0.15) is 11.6 Å². The Bertz CT molecular complexity index is 669. The Morgan fingerprint density at radius 2 is 0.895 bits per heavy atom. The highest BCUT2D eigenvalue weighted by Gasteiger charge is 2.52. The normalized spacial score (nSPS) is 35.8. The summed E-state index contributed by atoms with van der Waals surface area (Å²) in [7, 11) is 0. The Hall–Kier alpha value is -1.02. The number of carbonyl (C=O) groups is 2. The zero-order valence-electron chi connectivity index (χ0n) is 24.2. The van der Waals surface area contributed by atoms with Gasteiger partial charge in [-0.2, -0.15) is 0 Å². The van der Waals surface area contributed by atoms with Gasteiger partial charge in [-0.05, 0) is 0 Å². The van der Waals surface area contributed by atoms with Gasteiger partial charge in [0.15, 0.2) is 11.6 Å². The minimum Gasteiger partial charge on any atom is -0.396 e. The van der Waals surface area contributed by atoms with Crippen LogP contribution in [0.3, 0.4) is 0 Å². The highest BCUT2D eigenvalue weighted by Crippen LogP contribution is 2.46. The fraction of sp³-hybridized carbons (Fsp3) is 0.926. The van der Waals surface area contributed by atoms with Crippen molar-refractivity contribution in [3.8, 4) is 0 Å². The van der Waals surface area contributed by atoms with Gasteiger partial charge in [0, 0.05) is 67.6 Å². The number of ketones is 2. The average Bonchev–Trinajstić information content (AvgIpc) is 2.96. The maximum atomic E-state index is 10.5. The van der Waals surface area contributed by atoms with Gasteiger partial charge in [-0.3, -0.25) is 9.59 Å². The van der Waals surface area contributed by atoms with Gasteiger partial charge in [0.05, 0.1) is 59.5 Å². The van der Waals surface area contributed by atoms with Crippen molar-refractivity contribution in [2.75, 3.05) is 59.5 Å². The lowest BCUT2D eigenvalue weighted by Gasteiger charge is -2.52. The maximum Gasteiger partial charge on any atom is 1.00 e. The Labute approximate surface area is 226 Å². The monoisotopic (exact) mass is 549 g/mol. The number of ether oxygens (including phenoxy) is 4. The minimum atomic E-state index is -0.708. The number of carbonyl (C=O) groups excluding carboxylic acids is 2. The van der Waals surface area contributed by atoms with E-state index in [1.807, 2.05) is 13.8 Å². The van der Waals surface area contributed by atoms with E-state index < -0.39 is 17.0 Å². The van der Waals surface area contributed by atoms with Crippen molar-refractivity contribution >= 4 is 11.6 Å². The van der Waals surface area contributed by atoms with Crippen LogP contribution in [0.4, 0.5) is 0 Å². The van der Waals surface area contributed by atoms with Crippen molar-refractivity contribution in [3.63, 3.8) is 0 Å². The molecule has 0 aromatic rings. The first kappa shape index (κ1) is 33.2. The summed E-state index contributed by atoms with van der Waals surface area (Å²) in [5, 5.41) is 44.2. The highest BCUT2D eigenvalue weighted by molar-refractivity contribution is 5.92. The summed E-state index contributed by atoms with van der Waals surface area (Å²) in [4.78, 5) is 20.9. The Morgan fingerprint density at radius 1 is 0.632 bits per heavy atom. The van der Waals surface area contributed by atoms with Crippen LogP contribution in [0.25, 0.3) is 0 Å². The van der Waals surface area contributed by atoms with Gasteiger partial charge in [0.2, 0.25) is 0 Å². The van der Waals surface area contributed by atoms with E-state index in [0.717, 1.165) is 25.7 Å². The van der Waals surface area contributed by atoms with Crippen molar-refractivity contribution in [3.05, 3.63) is 0 Å². The zero-order valence-corrected chi connectivity index (χ0v) is 23.2. The van der Waals surface area contributed by atoms with Crippen molar-refractivity contribution in [1.82, 2.24) is 0 Å². The molecule has 4 rings (SSSR count). The van der Waals surface area contributed by atoms with Crippen molar-refractivity contribution < 1.29 is 55.5 Å². The molecule has 2 aliphatic heterocycles. The average molecular weight is 550 g/mol. The highest BCUT2D eigenvalue weighted by atomic mass is 16.7. The van der Waals surface area contributed by atoms with E-state index >= 15 is 0 Å². The summed E-state index contributed by atoms with van der Waals surface area (Å²) in [5.41, 5.74) is -1.32. The van der Waals surface area contributed by atoms with Gasteiger partial charge in [-0.15, -0.1) is 0 Å². The summed E-state index contributed by atoms with van der Waals surface area (Å²) in [6.45, 7) is 7.19. The fourth-order valence-electron chi connectivity index (χ4n) is 4.12. The number of Topliss-reactive ketones (excluding diaryl/α,β-unsaturated/α-hetero) is 2. The number of rotatable bonds is 5. The van der Waals surface area contributed by atoms with Crippen LogP contribution in [0, 0.1) is 16.2 Å². The molecular weight excluding hydrogens is 500 g/mol. The molecule has 2 saturated heterocycles. The van der Waals surface area contributed by atoms with Crippen molar-refractivity contribution in [2.45, 2.75) is 83.7 Å². The predicted octanol–water partition coefficient (Wildman–Crippen LogP) is 0.825. The molecule has 5 N–H and O–H groups in total. The van der Waals surface area contributed by atoms with Crippen LogP contribution in [-0.4, -0.2) is 108 Å². The smallest absolute Gasteiger partial charge is 0.396 e. The molecule has 2 saturated carbocycles. The van der Waals surface area contributed by atoms with E-state index in [9.17, 15) is 19.8 Å². The molecule has 0 radical (unpaired) electrons. The number of aliphatic hydroxyl groups excluding tert-OH is 5. The molecule has 222 valence electrons. The molecule has 0 bridgehead atoms. The topological polar surface area (TPSA) is 172 Å². The molecule has 2 spiro atoms. The number of hydrogen-bond donors (Lipinski definition) is 5. The maximum absolute atomic E-state index is 10.5. The van der Waals surface area contributed by atoms with E-state index in [-0.39, 0.29) is 56.9 Å². The summed E-state index contributed by atoms with van der Waals surface area (Å²) < 4.78 is 23.9. The summed E-state index contributed by atoms with van der Waals surface area (Å²) in [6, 6.07) is 0. The molecular formula is C27H49O11+. The molecule has 2 aliphatic carbocycles. The lowest BCUT2D eigenvalue weighted by atomic mass is 9.84. The molecule has 0 aromatic carbocycles. The lowest BCUT2D eigenvalue weighted by molar-refractivity contribution is -0.368. The van der Waals surface area contributed by atoms with Crippen LogP contribution in [0.2, 0.25) is 0 Å². The molecule has 4 fully saturated rings. The third-order valence-electron chi connectivity index (χ3n) is 7.78. The quantitative estimate of drug-likeness (QED) is 0.329. The van der Waals surface area contributed by atoms with Gasteiger partial charge in [-0.25, -0.2) is 0 Å². The Balaban J connectivity index is 0.000000370. The van der Waals surface area contributed by atoms with Crippen molar-refractivity contribution in [1.29, 1.82) is 0 Å². The molecule has 0 unspecified atom stereocenters. The van der Waals surface area contributed by atoms with E-state index in [4.69, 9.17) is 34.3 Å².